The van der Waals surface area contributed by atoms with Crippen LogP contribution in [0, 0.1) is 12.7 Å². The van der Waals surface area contributed by atoms with Crippen LogP contribution >= 0.6 is 15.9 Å². The molecule has 0 amide bonds. The van der Waals surface area contributed by atoms with E-state index >= 15 is 0 Å². The molecule has 0 saturated carbocycles. The largest absolute Gasteiger partial charge is 0.503 e. The second-order valence-electron chi connectivity index (χ2n) is 7.62. The van der Waals surface area contributed by atoms with Crippen LogP contribution in [0.1, 0.15) is 28.7 Å². The minimum atomic E-state index is -0.558. The van der Waals surface area contributed by atoms with E-state index in [1.807, 2.05) is 42.0 Å². The van der Waals surface area contributed by atoms with E-state index in [-0.39, 0.29) is 29.2 Å². The SMILES string of the molecule is Cc1ccccc1[C@H](c1ccc(F)cc1Br)[C@H]1Cn2ccnc2-c2c(O)c(=O)cnn21. The van der Waals surface area contributed by atoms with Gasteiger partial charge >= 0.3 is 0 Å². The molecule has 0 saturated heterocycles. The fourth-order valence-electron chi connectivity index (χ4n) is 4.39. The maximum Gasteiger partial charge on any atom is 0.242 e. The Hall–Kier alpha value is -3.26. The lowest BCUT2D eigenvalue weighted by molar-refractivity contribution is 0.330. The molecule has 2 atom stereocenters. The van der Waals surface area contributed by atoms with Gasteiger partial charge in [0.2, 0.25) is 5.43 Å². The number of hydrogen-bond acceptors (Lipinski definition) is 4. The van der Waals surface area contributed by atoms with E-state index < -0.39 is 5.43 Å². The Morgan fingerprint density at radius 3 is 2.81 bits per heavy atom. The summed E-state index contributed by atoms with van der Waals surface area (Å²) in [5, 5.41) is 15.0. The molecule has 2 aromatic heterocycles. The molecule has 0 bridgehead atoms. The second kappa shape index (κ2) is 7.46. The van der Waals surface area contributed by atoms with E-state index in [1.165, 1.54) is 12.1 Å². The van der Waals surface area contributed by atoms with E-state index in [0.717, 1.165) is 22.9 Å². The summed E-state index contributed by atoms with van der Waals surface area (Å²) in [5.41, 5.74) is 2.74. The zero-order chi connectivity index (χ0) is 21.7. The number of halogens is 2. The molecule has 4 aromatic rings. The number of rotatable bonds is 3. The fourth-order valence-corrected chi connectivity index (χ4v) is 4.99. The average molecular weight is 481 g/mol. The standard InChI is InChI=1S/C23H18BrFN4O2/c1-13-4-2-3-5-15(13)20(16-7-6-14(25)10-17(16)24)18-12-28-9-8-26-23(28)21-22(31)19(30)11-27-29(18)21/h2-11,18,20,31H,12H2,1H3/t18-,20-/m1/s1. The smallest absolute Gasteiger partial charge is 0.242 e. The summed E-state index contributed by atoms with van der Waals surface area (Å²) in [7, 11) is 0. The maximum atomic E-state index is 13.9. The van der Waals surface area contributed by atoms with Crippen molar-refractivity contribution in [3.8, 4) is 17.3 Å². The Morgan fingerprint density at radius 1 is 1.23 bits per heavy atom. The first kappa shape index (κ1) is 19.7. The molecule has 0 radical (unpaired) electrons. The number of aromatic hydroxyl groups is 1. The summed E-state index contributed by atoms with van der Waals surface area (Å²) >= 11 is 3.54. The van der Waals surface area contributed by atoms with Crippen LogP contribution in [-0.4, -0.2) is 24.4 Å². The molecule has 31 heavy (non-hydrogen) atoms. The Bertz CT molecular complexity index is 1360. The minimum Gasteiger partial charge on any atom is -0.503 e. The average Bonchev–Trinajstić information content (AvgIpc) is 3.21. The first-order valence-corrected chi connectivity index (χ1v) is 10.6. The molecule has 0 spiro atoms. The van der Waals surface area contributed by atoms with E-state index in [0.29, 0.717) is 16.8 Å². The quantitative estimate of drug-likeness (QED) is 0.471. The topological polar surface area (TPSA) is 72.9 Å². The number of fused-ring (bicyclic) bond motifs is 3. The van der Waals surface area contributed by atoms with E-state index in [4.69, 9.17) is 0 Å². The molecule has 0 fully saturated rings. The van der Waals surface area contributed by atoms with Gasteiger partial charge in [-0.15, -0.1) is 0 Å². The van der Waals surface area contributed by atoms with E-state index in [9.17, 15) is 14.3 Å². The van der Waals surface area contributed by atoms with Crippen molar-refractivity contribution in [2.45, 2.75) is 25.4 Å². The van der Waals surface area contributed by atoms with Gasteiger partial charge in [-0.05, 0) is 35.7 Å². The third-order valence-electron chi connectivity index (χ3n) is 5.82. The van der Waals surface area contributed by atoms with Crippen molar-refractivity contribution in [1.82, 2.24) is 19.3 Å². The Balaban J connectivity index is 1.80. The van der Waals surface area contributed by atoms with Crippen molar-refractivity contribution in [2.75, 3.05) is 0 Å². The van der Waals surface area contributed by atoms with Crippen molar-refractivity contribution in [2.24, 2.45) is 0 Å². The predicted octanol–water partition coefficient (Wildman–Crippen LogP) is 4.41. The van der Waals surface area contributed by atoms with Crippen LogP contribution in [0.4, 0.5) is 4.39 Å². The number of aryl methyl sites for hydroxylation is 1. The number of aromatic nitrogens is 4. The highest BCUT2D eigenvalue weighted by atomic mass is 79.9. The molecule has 1 N–H and O–H groups in total. The van der Waals surface area contributed by atoms with Crippen molar-refractivity contribution in [1.29, 1.82) is 0 Å². The highest BCUT2D eigenvalue weighted by molar-refractivity contribution is 9.10. The Morgan fingerprint density at radius 2 is 2.03 bits per heavy atom. The Labute approximate surface area is 185 Å². The van der Waals surface area contributed by atoms with Crippen LogP contribution in [0.5, 0.6) is 5.75 Å². The minimum absolute atomic E-state index is 0.236. The third-order valence-corrected chi connectivity index (χ3v) is 6.50. The summed E-state index contributed by atoms with van der Waals surface area (Å²) in [6.07, 6.45) is 4.58. The van der Waals surface area contributed by atoms with Gasteiger partial charge in [0.25, 0.3) is 0 Å². The lowest BCUT2D eigenvalue weighted by Gasteiger charge is -2.35. The van der Waals surface area contributed by atoms with Crippen LogP contribution in [-0.2, 0) is 6.54 Å². The number of imidazole rings is 1. The molecule has 2 aromatic carbocycles. The lowest BCUT2D eigenvalue weighted by Crippen LogP contribution is -2.32. The van der Waals surface area contributed by atoms with Crippen LogP contribution in [0.25, 0.3) is 11.5 Å². The molecule has 1 aliphatic rings. The van der Waals surface area contributed by atoms with Crippen molar-refractivity contribution >= 4 is 15.9 Å². The lowest BCUT2D eigenvalue weighted by atomic mass is 9.82. The monoisotopic (exact) mass is 480 g/mol. The zero-order valence-electron chi connectivity index (χ0n) is 16.5. The fraction of sp³-hybridized carbons (Fsp3) is 0.174. The van der Waals surface area contributed by atoms with Gasteiger partial charge in [-0.25, -0.2) is 9.37 Å². The normalized spacial score (nSPS) is 15.9. The van der Waals surface area contributed by atoms with Crippen LogP contribution in [0.15, 0.2) is 70.3 Å². The first-order chi connectivity index (χ1) is 15.0. The molecule has 3 heterocycles. The van der Waals surface area contributed by atoms with Crippen molar-refractivity contribution in [3.63, 3.8) is 0 Å². The van der Waals surface area contributed by atoms with Gasteiger partial charge in [-0.1, -0.05) is 46.3 Å². The van der Waals surface area contributed by atoms with Gasteiger partial charge in [0.1, 0.15) is 11.5 Å². The van der Waals surface area contributed by atoms with Crippen molar-refractivity contribution in [3.05, 3.63) is 98.3 Å². The van der Waals surface area contributed by atoms with Crippen LogP contribution < -0.4 is 5.43 Å². The summed E-state index contributed by atoms with van der Waals surface area (Å²) in [6.45, 7) is 2.54. The first-order valence-electron chi connectivity index (χ1n) is 9.78. The predicted molar refractivity (Wildman–Crippen MR) is 118 cm³/mol. The molecule has 156 valence electrons. The van der Waals surface area contributed by atoms with E-state index in [1.54, 1.807) is 16.9 Å². The highest BCUT2D eigenvalue weighted by Crippen LogP contribution is 2.45. The summed E-state index contributed by atoms with van der Waals surface area (Å²) in [6, 6.07) is 12.4. The van der Waals surface area contributed by atoms with Gasteiger partial charge in [-0.2, -0.15) is 5.10 Å². The van der Waals surface area contributed by atoms with Gasteiger partial charge in [0.15, 0.2) is 11.6 Å². The second-order valence-corrected chi connectivity index (χ2v) is 8.48. The molecular weight excluding hydrogens is 463 g/mol. The zero-order valence-corrected chi connectivity index (χ0v) is 18.1. The van der Waals surface area contributed by atoms with Gasteiger partial charge in [-0.3, -0.25) is 9.48 Å². The van der Waals surface area contributed by atoms with Crippen molar-refractivity contribution < 1.29 is 9.50 Å². The highest BCUT2D eigenvalue weighted by Gasteiger charge is 2.36. The van der Waals surface area contributed by atoms with Crippen LogP contribution in [0.3, 0.4) is 0 Å². The van der Waals surface area contributed by atoms with Gasteiger partial charge < -0.3 is 9.67 Å². The summed E-state index contributed by atoms with van der Waals surface area (Å²) < 4.78 is 18.1. The molecule has 5 rings (SSSR count). The molecule has 0 aliphatic carbocycles. The van der Waals surface area contributed by atoms with Crippen LogP contribution in [0.2, 0.25) is 0 Å². The summed E-state index contributed by atoms with van der Waals surface area (Å²) in [5.74, 6) is -0.464. The van der Waals surface area contributed by atoms with Gasteiger partial charge in [0, 0.05) is 29.3 Å². The molecular formula is C23H18BrFN4O2. The summed E-state index contributed by atoms with van der Waals surface area (Å²) in [4.78, 5) is 16.5. The molecule has 1 aliphatic heterocycles. The number of benzene rings is 2. The molecule has 0 unspecified atom stereocenters. The third kappa shape index (κ3) is 3.18. The number of hydrogen-bond donors (Lipinski definition) is 1. The number of nitrogens with zero attached hydrogens (tertiary/aromatic N) is 4. The van der Waals surface area contributed by atoms with E-state index in [2.05, 4.69) is 26.0 Å². The molecule has 8 heteroatoms. The Kier molecular flexibility index (Phi) is 4.74. The molecule has 6 nitrogen and oxygen atoms in total. The maximum absolute atomic E-state index is 13.9. The van der Waals surface area contributed by atoms with Gasteiger partial charge in [0.05, 0.1) is 12.2 Å².